The summed E-state index contributed by atoms with van der Waals surface area (Å²) in [5.74, 6) is 0. The van der Waals surface area contributed by atoms with Crippen molar-refractivity contribution in [3.8, 4) is 11.3 Å². The van der Waals surface area contributed by atoms with E-state index in [1.165, 1.54) is 27.5 Å². The Morgan fingerprint density at radius 1 is 1.25 bits per heavy atom. The molecule has 0 aliphatic carbocycles. The second-order valence-corrected chi connectivity index (χ2v) is 4.71. The van der Waals surface area contributed by atoms with E-state index in [0.717, 1.165) is 17.8 Å². The van der Waals surface area contributed by atoms with Crippen molar-refractivity contribution in [2.45, 2.75) is 20.4 Å². The maximum Gasteiger partial charge on any atom is 0.110 e. The van der Waals surface area contributed by atoms with Crippen molar-refractivity contribution < 1.29 is 0 Å². The van der Waals surface area contributed by atoms with E-state index in [2.05, 4.69) is 47.0 Å². The van der Waals surface area contributed by atoms with E-state index in [1.807, 2.05) is 7.05 Å². The van der Waals surface area contributed by atoms with Gasteiger partial charge in [-0.05, 0) is 49.6 Å². The van der Waals surface area contributed by atoms with Crippen LogP contribution in [0.5, 0.6) is 0 Å². The van der Waals surface area contributed by atoms with Gasteiger partial charge in [0, 0.05) is 12.1 Å². The summed E-state index contributed by atoms with van der Waals surface area (Å²) < 4.78 is 4.02. The molecule has 0 saturated carbocycles. The van der Waals surface area contributed by atoms with Crippen molar-refractivity contribution in [1.29, 1.82) is 0 Å². The van der Waals surface area contributed by atoms with Crippen LogP contribution in [0.15, 0.2) is 18.2 Å². The Hall–Kier alpha value is -1.26. The fraction of sp³-hybridized carbons (Fsp3) is 0.333. The molecule has 0 spiro atoms. The van der Waals surface area contributed by atoms with Crippen LogP contribution in [0.3, 0.4) is 0 Å². The lowest BCUT2D eigenvalue weighted by atomic mass is 10.0. The molecule has 4 heteroatoms. The third-order valence-corrected chi connectivity index (χ3v) is 3.40. The predicted octanol–water partition coefficient (Wildman–Crippen LogP) is 2.54. The van der Waals surface area contributed by atoms with Gasteiger partial charge in [0.15, 0.2) is 0 Å². The smallest absolute Gasteiger partial charge is 0.110 e. The first kappa shape index (κ1) is 11.2. The highest BCUT2D eigenvalue weighted by Gasteiger charge is 2.09. The van der Waals surface area contributed by atoms with Crippen molar-refractivity contribution in [2.75, 3.05) is 7.05 Å². The Labute approximate surface area is 99.7 Å². The van der Waals surface area contributed by atoms with Gasteiger partial charge >= 0.3 is 0 Å². The molecular weight excluding hydrogens is 218 g/mol. The van der Waals surface area contributed by atoms with Crippen LogP contribution in [-0.2, 0) is 6.54 Å². The maximum absolute atomic E-state index is 4.20. The van der Waals surface area contributed by atoms with E-state index in [9.17, 15) is 0 Å². The lowest BCUT2D eigenvalue weighted by Crippen LogP contribution is -2.04. The molecule has 0 atom stereocenters. The van der Waals surface area contributed by atoms with Crippen LogP contribution < -0.4 is 5.32 Å². The number of hydrogen-bond donors (Lipinski definition) is 1. The summed E-state index contributed by atoms with van der Waals surface area (Å²) in [7, 11) is 1.93. The van der Waals surface area contributed by atoms with E-state index in [1.54, 1.807) is 0 Å². The third kappa shape index (κ3) is 2.13. The topological polar surface area (TPSA) is 37.8 Å². The maximum atomic E-state index is 4.20. The Morgan fingerprint density at radius 2 is 2.06 bits per heavy atom. The fourth-order valence-electron chi connectivity index (χ4n) is 1.59. The van der Waals surface area contributed by atoms with E-state index in [-0.39, 0.29) is 0 Å². The van der Waals surface area contributed by atoms with Gasteiger partial charge in [0.2, 0.25) is 0 Å². The van der Waals surface area contributed by atoms with Crippen LogP contribution in [0.1, 0.15) is 16.0 Å². The second-order valence-electron chi connectivity index (χ2n) is 3.87. The molecule has 0 fully saturated rings. The van der Waals surface area contributed by atoms with Crippen LogP contribution >= 0.6 is 11.5 Å². The minimum Gasteiger partial charge on any atom is -0.315 e. The van der Waals surface area contributed by atoms with E-state index in [4.69, 9.17) is 0 Å². The SMILES string of the molecule is CNCc1snnc1-c1ccc(C)c(C)c1. The van der Waals surface area contributed by atoms with Crippen molar-refractivity contribution in [3.63, 3.8) is 0 Å². The van der Waals surface area contributed by atoms with Gasteiger partial charge in [0.25, 0.3) is 0 Å². The summed E-state index contributed by atoms with van der Waals surface area (Å²) in [4.78, 5) is 1.19. The molecule has 84 valence electrons. The highest BCUT2D eigenvalue weighted by Crippen LogP contribution is 2.25. The summed E-state index contributed by atoms with van der Waals surface area (Å²) in [6.45, 7) is 5.06. The standard InChI is InChI=1S/C12H15N3S/c1-8-4-5-10(6-9(8)2)12-11(7-13-3)16-15-14-12/h4-6,13H,7H2,1-3H3. The molecule has 0 aliphatic heterocycles. The minimum atomic E-state index is 0.819. The molecule has 0 aliphatic rings. The van der Waals surface area contributed by atoms with Gasteiger partial charge in [-0.3, -0.25) is 0 Å². The second kappa shape index (κ2) is 4.72. The molecule has 1 heterocycles. The first-order valence-electron chi connectivity index (χ1n) is 5.26. The zero-order valence-corrected chi connectivity index (χ0v) is 10.6. The third-order valence-electron chi connectivity index (χ3n) is 2.67. The van der Waals surface area contributed by atoms with Crippen molar-refractivity contribution >= 4 is 11.5 Å². The first-order valence-corrected chi connectivity index (χ1v) is 6.03. The van der Waals surface area contributed by atoms with Crippen molar-refractivity contribution in [2.24, 2.45) is 0 Å². The predicted molar refractivity (Wildman–Crippen MR) is 67.6 cm³/mol. The zero-order chi connectivity index (χ0) is 11.5. The van der Waals surface area contributed by atoms with Gasteiger partial charge < -0.3 is 5.32 Å². The van der Waals surface area contributed by atoms with E-state index >= 15 is 0 Å². The normalized spacial score (nSPS) is 10.7. The molecule has 1 N–H and O–H groups in total. The van der Waals surface area contributed by atoms with Gasteiger partial charge in [-0.1, -0.05) is 16.6 Å². The van der Waals surface area contributed by atoms with Gasteiger partial charge in [0.1, 0.15) is 5.69 Å². The van der Waals surface area contributed by atoms with Crippen LogP contribution in [0.2, 0.25) is 0 Å². The zero-order valence-electron chi connectivity index (χ0n) is 9.74. The molecule has 16 heavy (non-hydrogen) atoms. The Balaban J connectivity index is 2.42. The van der Waals surface area contributed by atoms with Gasteiger partial charge in [-0.2, -0.15) is 0 Å². The monoisotopic (exact) mass is 233 g/mol. The quantitative estimate of drug-likeness (QED) is 0.885. The average Bonchev–Trinajstić information content (AvgIpc) is 2.71. The molecule has 2 rings (SSSR count). The molecule has 1 aromatic heterocycles. The number of hydrogen-bond acceptors (Lipinski definition) is 4. The van der Waals surface area contributed by atoms with Crippen LogP contribution in [0.4, 0.5) is 0 Å². The van der Waals surface area contributed by atoms with Crippen molar-refractivity contribution in [1.82, 2.24) is 14.9 Å². The Kier molecular flexibility index (Phi) is 3.31. The summed E-state index contributed by atoms with van der Waals surface area (Å²) in [5.41, 5.74) is 4.76. The molecule has 0 saturated heterocycles. The summed E-state index contributed by atoms with van der Waals surface area (Å²) in [6, 6.07) is 6.41. The average molecular weight is 233 g/mol. The van der Waals surface area contributed by atoms with E-state index < -0.39 is 0 Å². The lowest BCUT2D eigenvalue weighted by molar-refractivity contribution is 0.830. The minimum absolute atomic E-state index is 0.819. The first-order chi connectivity index (χ1) is 7.72. The Bertz CT molecular complexity index is 491. The molecular formula is C12H15N3S. The van der Waals surface area contributed by atoms with Crippen LogP contribution in [0, 0.1) is 13.8 Å². The summed E-state index contributed by atoms with van der Waals surface area (Å²) in [6.07, 6.45) is 0. The molecule has 2 aromatic rings. The molecule has 1 aromatic carbocycles. The van der Waals surface area contributed by atoms with Crippen LogP contribution in [0.25, 0.3) is 11.3 Å². The number of rotatable bonds is 3. The number of benzene rings is 1. The molecule has 0 bridgehead atoms. The highest BCUT2D eigenvalue weighted by atomic mass is 32.1. The fourth-order valence-corrected chi connectivity index (χ4v) is 2.27. The van der Waals surface area contributed by atoms with Gasteiger partial charge in [-0.15, -0.1) is 5.10 Å². The number of nitrogens with one attached hydrogen (secondary N) is 1. The largest absolute Gasteiger partial charge is 0.315 e. The van der Waals surface area contributed by atoms with Crippen molar-refractivity contribution in [3.05, 3.63) is 34.2 Å². The highest BCUT2D eigenvalue weighted by molar-refractivity contribution is 7.05. The summed E-state index contributed by atoms with van der Waals surface area (Å²) in [5, 5.41) is 7.34. The molecule has 0 amide bonds. The summed E-state index contributed by atoms with van der Waals surface area (Å²) >= 11 is 1.46. The molecule has 3 nitrogen and oxygen atoms in total. The number of nitrogens with zero attached hydrogens (tertiary/aromatic N) is 2. The van der Waals surface area contributed by atoms with Crippen LogP contribution in [-0.4, -0.2) is 16.6 Å². The number of aromatic nitrogens is 2. The molecule has 0 unspecified atom stereocenters. The van der Waals surface area contributed by atoms with E-state index in [0.29, 0.717) is 0 Å². The molecule has 0 radical (unpaired) electrons. The van der Waals surface area contributed by atoms with Gasteiger partial charge in [-0.25, -0.2) is 0 Å². The Morgan fingerprint density at radius 3 is 2.75 bits per heavy atom. The van der Waals surface area contributed by atoms with Gasteiger partial charge in [0.05, 0.1) is 4.88 Å². The lowest BCUT2D eigenvalue weighted by Gasteiger charge is -2.04. The number of aryl methyl sites for hydroxylation is 2.